The minimum absolute atomic E-state index is 0.0487. The van der Waals surface area contributed by atoms with Crippen LogP contribution in [0.3, 0.4) is 0 Å². The number of halogens is 3. The van der Waals surface area contributed by atoms with Gasteiger partial charge < -0.3 is 5.32 Å². The SMILES string of the molecule is CC(C)(C)c1nc(CNCC(F)(F)F)cs1. The van der Waals surface area contributed by atoms with Crippen molar-refractivity contribution in [3.05, 3.63) is 16.1 Å². The number of alkyl halides is 3. The van der Waals surface area contributed by atoms with Gasteiger partial charge in [0.05, 0.1) is 17.2 Å². The van der Waals surface area contributed by atoms with Crippen molar-refractivity contribution in [1.82, 2.24) is 10.3 Å². The summed E-state index contributed by atoms with van der Waals surface area (Å²) < 4.78 is 35.6. The van der Waals surface area contributed by atoms with E-state index in [1.165, 1.54) is 11.3 Å². The molecule has 0 unspecified atom stereocenters. The van der Waals surface area contributed by atoms with Crippen molar-refractivity contribution in [3.63, 3.8) is 0 Å². The average molecular weight is 252 g/mol. The molecule has 1 heterocycles. The van der Waals surface area contributed by atoms with Crippen LogP contribution >= 0.6 is 11.3 Å². The third kappa shape index (κ3) is 4.49. The lowest BCUT2D eigenvalue weighted by Gasteiger charge is -2.13. The molecular formula is C10H15F3N2S. The highest BCUT2D eigenvalue weighted by Gasteiger charge is 2.26. The van der Waals surface area contributed by atoms with Crippen LogP contribution in [0.1, 0.15) is 31.5 Å². The number of hydrogen-bond donors (Lipinski definition) is 1. The molecule has 0 aliphatic rings. The molecule has 0 aliphatic heterocycles. The van der Waals surface area contributed by atoms with Crippen LogP contribution in [0.4, 0.5) is 13.2 Å². The first-order valence-electron chi connectivity index (χ1n) is 4.91. The van der Waals surface area contributed by atoms with Crippen molar-refractivity contribution >= 4 is 11.3 Å². The van der Waals surface area contributed by atoms with E-state index in [1.807, 2.05) is 20.8 Å². The summed E-state index contributed by atoms with van der Waals surface area (Å²) >= 11 is 1.48. The maximum atomic E-state index is 11.9. The Hall–Kier alpha value is -0.620. The van der Waals surface area contributed by atoms with Crippen molar-refractivity contribution in [1.29, 1.82) is 0 Å². The fourth-order valence-electron chi connectivity index (χ4n) is 1.06. The van der Waals surface area contributed by atoms with E-state index in [4.69, 9.17) is 0 Å². The van der Waals surface area contributed by atoms with Crippen molar-refractivity contribution < 1.29 is 13.2 Å². The quantitative estimate of drug-likeness (QED) is 0.894. The minimum Gasteiger partial charge on any atom is -0.303 e. The van der Waals surface area contributed by atoms with E-state index in [9.17, 15) is 13.2 Å². The van der Waals surface area contributed by atoms with Gasteiger partial charge in [0, 0.05) is 17.3 Å². The van der Waals surface area contributed by atoms with Gasteiger partial charge in [-0.1, -0.05) is 20.8 Å². The molecule has 0 amide bonds. The van der Waals surface area contributed by atoms with E-state index < -0.39 is 12.7 Å². The van der Waals surface area contributed by atoms with Crippen LogP contribution < -0.4 is 5.32 Å². The third-order valence-electron chi connectivity index (χ3n) is 1.82. The number of nitrogens with zero attached hydrogens (tertiary/aromatic N) is 1. The van der Waals surface area contributed by atoms with Crippen LogP contribution in [0.2, 0.25) is 0 Å². The number of nitrogens with one attached hydrogen (secondary N) is 1. The Morgan fingerprint density at radius 2 is 1.94 bits per heavy atom. The Kier molecular flexibility index (Phi) is 3.96. The van der Waals surface area contributed by atoms with E-state index in [1.54, 1.807) is 5.38 Å². The zero-order valence-corrected chi connectivity index (χ0v) is 10.3. The van der Waals surface area contributed by atoms with E-state index in [0.29, 0.717) is 5.69 Å². The maximum absolute atomic E-state index is 11.9. The summed E-state index contributed by atoms with van der Waals surface area (Å²) in [6.07, 6.45) is -4.16. The predicted octanol–water partition coefficient (Wildman–Crippen LogP) is 3.09. The smallest absolute Gasteiger partial charge is 0.303 e. The van der Waals surface area contributed by atoms with E-state index in [0.717, 1.165) is 5.01 Å². The van der Waals surface area contributed by atoms with Crippen LogP contribution in [0.5, 0.6) is 0 Å². The molecule has 6 heteroatoms. The summed E-state index contributed by atoms with van der Waals surface area (Å²) in [5.41, 5.74) is 0.617. The lowest BCUT2D eigenvalue weighted by Crippen LogP contribution is -2.28. The molecule has 1 aromatic rings. The van der Waals surface area contributed by atoms with Gasteiger partial charge in [0.25, 0.3) is 0 Å². The van der Waals surface area contributed by atoms with Crippen LogP contribution in [0.15, 0.2) is 5.38 Å². The second-order valence-corrected chi connectivity index (χ2v) is 5.47. The molecule has 1 N–H and O–H groups in total. The van der Waals surface area contributed by atoms with Crippen LogP contribution in [-0.2, 0) is 12.0 Å². The second-order valence-electron chi connectivity index (χ2n) is 4.61. The molecule has 0 saturated heterocycles. The van der Waals surface area contributed by atoms with Gasteiger partial charge in [0.15, 0.2) is 0 Å². The number of rotatable bonds is 3. The van der Waals surface area contributed by atoms with Crippen molar-refractivity contribution in [2.24, 2.45) is 0 Å². The minimum atomic E-state index is -4.16. The second kappa shape index (κ2) is 4.71. The summed E-state index contributed by atoms with van der Waals surface area (Å²) in [5, 5.41) is 5.06. The molecular weight excluding hydrogens is 237 g/mol. The van der Waals surface area contributed by atoms with Crippen LogP contribution in [0.25, 0.3) is 0 Å². The van der Waals surface area contributed by atoms with Gasteiger partial charge in [-0.25, -0.2) is 4.98 Å². The monoisotopic (exact) mass is 252 g/mol. The molecule has 1 rings (SSSR count). The van der Waals surface area contributed by atoms with Gasteiger partial charge in [-0.2, -0.15) is 13.2 Å². The molecule has 0 atom stereocenters. The molecule has 1 aromatic heterocycles. The molecule has 0 fully saturated rings. The summed E-state index contributed by atoms with van der Waals surface area (Å²) in [5.74, 6) is 0. The fourth-order valence-corrected chi connectivity index (χ4v) is 1.97. The molecule has 0 bridgehead atoms. The van der Waals surface area contributed by atoms with Gasteiger partial charge in [-0.15, -0.1) is 11.3 Å². The lowest BCUT2D eigenvalue weighted by atomic mass is 9.98. The first-order chi connectivity index (χ1) is 7.18. The Bertz CT molecular complexity index is 339. The molecule has 0 saturated carbocycles. The Labute approximate surface area is 96.9 Å². The van der Waals surface area contributed by atoms with Gasteiger partial charge >= 0.3 is 6.18 Å². The topological polar surface area (TPSA) is 24.9 Å². The Morgan fingerprint density at radius 1 is 1.31 bits per heavy atom. The molecule has 0 aliphatic carbocycles. The molecule has 16 heavy (non-hydrogen) atoms. The molecule has 2 nitrogen and oxygen atoms in total. The summed E-state index contributed by atoms with van der Waals surface area (Å²) in [4.78, 5) is 4.29. The molecule has 0 spiro atoms. The summed E-state index contributed by atoms with van der Waals surface area (Å²) in [6, 6.07) is 0. The molecule has 0 radical (unpaired) electrons. The summed E-state index contributed by atoms with van der Waals surface area (Å²) in [6.45, 7) is 5.26. The molecule has 0 aromatic carbocycles. The number of thiazole rings is 1. The Morgan fingerprint density at radius 3 is 2.38 bits per heavy atom. The van der Waals surface area contributed by atoms with E-state index in [2.05, 4.69) is 10.3 Å². The third-order valence-corrected chi connectivity index (χ3v) is 3.14. The van der Waals surface area contributed by atoms with E-state index in [-0.39, 0.29) is 12.0 Å². The normalized spacial score (nSPS) is 13.1. The number of hydrogen-bond acceptors (Lipinski definition) is 3. The lowest BCUT2D eigenvalue weighted by molar-refractivity contribution is -0.125. The first kappa shape index (κ1) is 13.4. The summed E-state index contributed by atoms with van der Waals surface area (Å²) in [7, 11) is 0. The average Bonchev–Trinajstić information content (AvgIpc) is 2.49. The van der Waals surface area contributed by atoms with Crippen molar-refractivity contribution in [3.8, 4) is 0 Å². The zero-order valence-electron chi connectivity index (χ0n) is 9.48. The van der Waals surface area contributed by atoms with Crippen LogP contribution in [-0.4, -0.2) is 17.7 Å². The van der Waals surface area contributed by atoms with Crippen molar-refractivity contribution in [2.45, 2.75) is 38.9 Å². The predicted molar refractivity (Wildman–Crippen MR) is 58.6 cm³/mol. The highest BCUT2D eigenvalue weighted by molar-refractivity contribution is 7.09. The first-order valence-corrected chi connectivity index (χ1v) is 5.79. The standard InChI is InChI=1S/C10H15F3N2S/c1-9(2,3)8-15-7(5-16-8)4-14-6-10(11,12)13/h5,14H,4,6H2,1-3H3. The fraction of sp³-hybridized carbons (Fsp3) is 0.700. The zero-order chi connectivity index (χ0) is 12.4. The largest absolute Gasteiger partial charge is 0.401 e. The van der Waals surface area contributed by atoms with Crippen molar-refractivity contribution in [2.75, 3.05) is 6.54 Å². The van der Waals surface area contributed by atoms with E-state index >= 15 is 0 Å². The van der Waals surface area contributed by atoms with Gasteiger partial charge in [-0.3, -0.25) is 0 Å². The maximum Gasteiger partial charge on any atom is 0.401 e. The van der Waals surface area contributed by atoms with Crippen LogP contribution in [0, 0.1) is 0 Å². The van der Waals surface area contributed by atoms with Gasteiger partial charge in [-0.05, 0) is 0 Å². The Balaban J connectivity index is 2.48. The molecule has 92 valence electrons. The highest BCUT2D eigenvalue weighted by atomic mass is 32.1. The van der Waals surface area contributed by atoms with Gasteiger partial charge in [0.2, 0.25) is 0 Å². The number of aromatic nitrogens is 1. The highest BCUT2D eigenvalue weighted by Crippen LogP contribution is 2.25. The van der Waals surface area contributed by atoms with Gasteiger partial charge in [0.1, 0.15) is 0 Å².